The topological polar surface area (TPSA) is 65.5 Å². The first-order chi connectivity index (χ1) is 11.8. The van der Waals surface area contributed by atoms with Crippen molar-refractivity contribution in [3.05, 3.63) is 65.5 Å². The van der Waals surface area contributed by atoms with Crippen molar-refractivity contribution < 1.29 is 9.90 Å². The highest BCUT2D eigenvalue weighted by atomic mass is 16.3. The van der Waals surface area contributed by atoms with Crippen LogP contribution in [0.2, 0.25) is 0 Å². The molecule has 1 aliphatic heterocycles. The predicted octanol–water partition coefficient (Wildman–Crippen LogP) is 1.97. The smallest absolute Gasteiger partial charge is 0.253 e. The molecule has 1 amide bonds. The van der Waals surface area contributed by atoms with E-state index in [4.69, 9.17) is 0 Å². The summed E-state index contributed by atoms with van der Waals surface area (Å²) in [5.74, 6) is -0.118. The summed E-state index contributed by atoms with van der Waals surface area (Å²) in [6.07, 6.45) is 5.40. The van der Waals surface area contributed by atoms with E-state index < -0.39 is 0 Å². The Labute approximate surface area is 142 Å². The zero-order chi connectivity index (χ0) is 16.8. The minimum atomic E-state index is -0.118. The number of nitrogens with one attached hydrogen (secondary N) is 1. The molecule has 2 heterocycles. The molecular weight excluding hydrogens is 302 g/mol. The lowest BCUT2D eigenvalue weighted by Crippen LogP contribution is -2.32. The number of aliphatic hydroxyl groups is 1. The van der Waals surface area contributed by atoms with Gasteiger partial charge in [-0.25, -0.2) is 0 Å². The van der Waals surface area contributed by atoms with Gasteiger partial charge in [0.25, 0.3) is 5.91 Å². The summed E-state index contributed by atoms with van der Waals surface area (Å²) in [6.45, 7) is 2.52. The fraction of sp³-hybridized carbons (Fsp3) is 0.368. The molecule has 0 unspecified atom stereocenters. The molecule has 5 nitrogen and oxygen atoms in total. The predicted molar refractivity (Wildman–Crippen MR) is 92.4 cm³/mol. The van der Waals surface area contributed by atoms with Crippen molar-refractivity contribution in [1.29, 1.82) is 0 Å². The number of carbonyl (C=O) groups is 1. The molecule has 0 saturated carbocycles. The van der Waals surface area contributed by atoms with E-state index in [0.29, 0.717) is 12.1 Å². The zero-order valence-corrected chi connectivity index (χ0v) is 13.7. The van der Waals surface area contributed by atoms with Gasteiger partial charge in [-0.15, -0.1) is 0 Å². The molecule has 1 aliphatic rings. The molecule has 3 rings (SSSR count). The van der Waals surface area contributed by atoms with Crippen molar-refractivity contribution in [2.24, 2.45) is 0 Å². The molecule has 2 aromatic rings. The number of hydrogen-bond donors (Lipinski definition) is 2. The number of aliphatic hydroxyl groups excluding tert-OH is 1. The fourth-order valence-electron chi connectivity index (χ4n) is 3.19. The van der Waals surface area contributed by atoms with Gasteiger partial charge in [0, 0.05) is 31.5 Å². The van der Waals surface area contributed by atoms with E-state index in [1.54, 1.807) is 24.5 Å². The van der Waals surface area contributed by atoms with Crippen LogP contribution in [0.1, 0.15) is 34.3 Å². The number of aromatic nitrogens is 1. The summed E-state index contributed by atoms with van der Waals surface area (Å²) in [4.78, 5) is 18.5. The van der Waals surface area contributed by atoms with Gasteiger partial charge in [0.15, 0.2) is 0 Å². The Balaban J connectivity index is 1.65. The Kier molecular flexibility index (Phi) is 5.56. The van der Waals surface area contributed by atoms with Crippen LogP contribution in [0.25, 0.3) is 0 Å². The van der Waals surface area contributed by atoms with Crippen LogP contribution in [0.3, 0.4) is 0 Å². The molecule has 1 aromatic heterocycles. The second-order valence-electron chi connectivity index (χ2n) is 6.14. The van der Waals surface area contributed by atoms with Crippen LogP contribution in [-0.4, -0.2) is 40.1 Å². The highest BCUT2D eigenvalue weighted by molar-refractivity contribution is 5.93. The molecule has 126 valence electrons. The van der Waals surface area contributed by atoms with Crippen LogP contribution < -0.4 is 5.32 Å². The van der Waals surface area contributed by atoms with E-state index in [1.807, 2.05) is 18.2 Å². The third kappa shape index (κ3) is 3.99. The van der Waals surface area contributed by atoms with Gasteiger partial charge in [-0.2, -0.15) is 0 Å². The number of amides is 1. The number of carbonyl (C=O) groups excluding carboxylic acids is 1. The summed E-state index contributed by atoms with van der Waals surface area (Å²) in [5, 5.41) is 12.4. The summed E-state index contributed by atoms with van der Waals surface area (Å²) in [5.41, 5.74) is 2.87. The van der Waals surface area contributed by atoms with Gasteiger partial charge in [0.1, 0.15) is 0 Å². The Morgan fingerprint density at radius 2 is 2.08 bits per heavy atom. The Morgan fingerprint density at radius 3 is 2.83 bits per heavy atom. The van der Waals surface area contributed by atoms with Crippen LogP contribution in [0.4, 0.5) is 0 Å². The van der Waals surface area contributed by atoms with E-state index in [9.17, 15) is 9.90 Å². The van der Waals surface area contributed by atoms with Gasteiger partial charge in [0.2, 0.25) is 0 Å². The van der Waals surface area contributed by atoms with E-state index in [0.717, 1.165) is 31.5 Å². The van der Waals surface area contributed by atoms with Gasteiger partial charge >= 0.3 is 0 Å². The van der Waals surface area contributed by atoms with E-state index in [1.165, 1.54) is 5.56 Å². The summed E-state index contributed by atoms with van der Waals surface area (Å²) >= 11 is 0. The maximum atomic E-state index is 12.2. The largest absolute Gasteiger partial charge is 0.395 e. The highest BCUT2D eigenvalue weighted by Gasteiger charge is 2.24. The highest BCUT2D eigenvalue weighted by Crippen LogP contribution is 2.21. The molecular formula is C19H23N3O2. The first-order valence-corrected chi connectivity index (χ1v) is 8.38. The van der Waals surface area contributed by atoms with Crippen LogP contribution in [-0.2, 0) is 13.1 Å². The van der Waals surface area contributed by atoms with E-state index in [2.05, 4.69) is 21.3 Å². The van der Waals surface area contributed by atoms with Gasteiger partial charge in [0.05, 0.1) is 12.2 Å². The number of hydrogen-bond acceptors (Lipinski definition) is 4. The molecule has 5 heteroatoms. The third-order valence-corrected chi connectivity index (χ3v) is 4.56. The molecule has 0 spiro atoms. The zero-order valence-electron chi connectivity index (χ0n) is 13.7. The van der Waals surface area contributed by atoms with Crippen molar-refractivity contribution in [2.75, 3.05) is 13.2 Å². The fourth-order valence-corrected chi connectivity index (χ4v) is 3.19. The van der Waals surface area contributed by atoms with Gasteiger partial charge in [-0.05, 0) is 42.6 Å². The quantitative estimate of drug-likeness (QED) is 0.852. The van der Waals surface area contributed by atoms with Crippen LogP contribution in [0, 0.1) is 0 Å². The minimum absolute atomic E-state index is 0.118. The number of pyridine rings is 1. The summed E-state index contributed by atoms with van der Waals surface area (Å²) in [6, 6.07) is 11.9. The van der Waals surface area contributed by atoms with E-state index in [-0.39, 0.29) is 18.6 Å². The maximum absolute atomic E-state index is 12.2. The SMILES string of the molecule is O=C(NCc1ccccc1CN1CCC[C@H]1CO)c1cccnc1. The lowest BCUT2D eigenvalue weighted by atomic mass is 10.1. The first kappa shape index (κ1) is 16.6. The molecule has 0 radical (unpaired) electrons. The molecule has 0 bridgehead atoms. The number of benzene rings is 1. The minimum Gasteiger partial charge on any atom is -0.395 e. The van der Waals surface area contributed by atoms with Crippen molar-refractivity contribution in [1.82, 2.24) is 15.2 Å². The number of likely N-dealkylation sites (tertiary alicyclic amines) is 1. The second-order valence-corrected chi connectivity index (χ2v) is 6.14. The standard InChI is InChI=1S/C19H23N3O2/c23-14-18-8-4-10-22(18)13-17-6-2-1-5-15(17)12-21-19(24)16-7-3-9-20-11-16/h1-3,5-7,9,11,18,23H,4,8,10,12-14H2,(H,21,24)/t18-/m0/s1. The van der Waals surface area contributed by atoms with Crippen LogP contribution >= 0.6 is 0 Å². The molecule has 1 aromatic carbocycles. The molecule has 0 aliphatic carbocycles. The lowest BCUT2D eigenvalue weighted by Gasteiger charge is -2.24. The summed E-state index contributed by atoms with van der Waals surface area (Å²) in [7, 11) is 0. The second kappa shape index (κ2) is 8.04. The van der Waals surface area contributed by atoms with Gasteiger partial charge in [-0.1, -0.05) is 24.3 Å². The average molecular weight is 325 g/mol. The Bertz CT molecular complexity index is 675. The lowest BCUT2D eigenvalue weighted by molar-refractivity contribution is 0.0950. The van der Waals surface area contributed by atoms with Crippen LogP contribution in [0.5, 0.6) is 0 Å². The maximum Gasteiger partial charge on any atom is 0.253 e. The Hall–Kier alpha value is -2.24. The van der Waals surface area contributed by atoms with Crippen LogP contribution in [0.15, 0.2) is 48.8 Å². The Morgan fingerprint density at radius 1 is 1.25 bits per heavy atom. The van der Waals surface area contributed by atoms with Crippen molar-refractivity contribution in [3.63, 3.8) is 0 Å². The van der Waals surface area contributed by atoms with Crippen molar-refractivity contribution >= 4 is 5.91 Å². The molecule has 1 fully saturated rings. The molecule has 1 saturated heterocycles. The first-order valence-electron chi connectivity index (χ1n) is 8.38. The molecule has 24 heavy (non-hydrogen) atoms. The number of rotatable bonds is 6. The molecule has 1 atom stereocenters. The molecule has 2 N–H and O–H groups in total. The third-order valence-electron chi connectivity index (χ3n) is 4.56. The van der Waals surface area contributed by atoms with E-state index >= 15 is 0 Å². The average Bonchev–Trinajstić information content (AvgIpc) is 3.08. The van der Waals surface area contributed by atoms with Crippen molar-refractivity contribution in [2.45, 2.75) is 32.0 Å². The monoisotopic (exact) mass is 325 g/mol. The van der Waals surface area contributed by atoms with Crippen molar-refractivity contribution in [3.8, 4) is 0 Å². The normalized spacial score (nSPS) is 17.8. The van der Waals surface area contributed by atoms with Gasteiger partial charge in [-0.3, -0.25) is 14.7 Å². The van der Waals surface area contributed by atoms with Gasteiger partial charge < -0.3 is 10.4 Å². The summed E-state index contributed by atoms with van der Waals surface area (Å²) < 4.78 is 0. The number of nitrogens with zero attached hydrogens (tertiary/aromatic N) is 2.